The Bertz CT molecular complexity index is 4620. The molecule has 0 aliphatic heterocycles. The number of hydrogen-bond acceptors (Lipinski definition) is 7. The molecule has 2 saturated carbocycles. The summed E-state index contributed by atoms with van der Waals surface area (Å²) in [6.45, 7) is -2.40. The van der Waals surface area contributed by atoms with Crippen LogP contribution in [0.1, 0.15) is 94.6 Å². The Hall–Kier alpha value is -10.2. The van der Waals surface area contributed by atoms with Gasteiger partial charge < -0.3 is 4.42 Å². The lowest BCUT2D eigenvalue weighted by molar-refractivity contribution is 0.431. The summed E-state index contributed by atoms with van der Waals surface area (Å²) in [4.78, 5) is 19.5. The molecule has 7 nitrogen and oxygen atoms in total. The number of pyridine rings is 4. The van der Waals surface area contributed by atoms with Crippen LogP contribution < -0.4 is 0 Å². The number of halogens is 2. The third-order valence-electron chi connectivity index (χ3n) is 18.1. The van der Waals surface area contributed by atoms with Crippen LogP contribution in [0.4, 0.5) is 8.78 Å². The zero-order valence-electron chi connectivity index (χ0n) is 50.1. The molecule has 9 heteroatoms. The van der Waals surface area contributed by atoms with Crippen LogP contribution in [0.5, 0.6) is 0 Å². The quantitative estimate of drug-likeness (QED) is 0.113. The zero-order valence-corrected chi connectivity index (χ0v) is 47.1. The van der Waals surface area contributed by atoms with Crippen molar-refractivity contribution in [3.8, 4) is 90.4 Å². The Labute approximate surface area is 503 Å². The molecule has 2 aliphatic carbocycles. The molecule has 12 aromatic rings. The van der Waals surface area contributed by atoms with Gasteiger partial charge in [0.1, 0.15) is 17.2 Å². The van der Waals surface area contributed by atoms with E-state index in [1.54, 1.807) is 18.2 Å². The van der Waals surface area contributed by atoms with Crippen molar-refractivity contribution in [1.82, 2.24) is 19.9 Å². The average Bonchev–Trinajstić information content (AvgIpc) is 2.26. The van der Waals surface area contributed by atoms with Gasteiger partial charge in [-0.2, -0.15) is 10.5 Å². The third kappa shape index (κ3) is 10.1. The van der Waals surface area contributed by atoms with E-state index in [-0.39, 0.29) is 22.2 Å². The molecule has 2 fully saturated rings. The van der Waals surface area contributed by atoms with E-state index in [1.807, 2.05) is 67.1 Å². The first-order chi connectivity index (χ1) is 43.3. The fourth-order valence-electron chi connectivity index (χ4n) is 13.8. The van der Waals surface area contributed by atoms with E-state index in [2.05, 4.69) is 114 Å². The van der Waals surface area contributed by atoms with Crippen LogP contribution in [0.2, 0.25) is 0 Å². The van der Waals surface area contributed by atoms with Crippen molar-refractivity contribution in [3.63, 3.8) is 0 Å². The van der Waals surface area contributed by atoms with Gasteiger partial charge in [0, 0.05) is 72.3 Å². The molecular formula is C77H58F2N6O. The van der Waals surface area contributed by atoms with E-state index < -0.39 is 18.5 Å². The highest BCUT2D eigenvalue weighted by Gasteiger charge is 2.39. The van der Waals surface area contributed by atoms with Crippen molar-refractivity contribution in [2.24, 2.45) is 0 Å². The van der Waals surface area contributed by atoms with Crippen LogP contribution >= 0.6 is 0 Å². The molecule has 14 rings (SSSR count). The van der Waals surface area contributed by atoms with Crippen LogP contribution in [-0.4, -0.2) is 19.9 Å². The number of para-hydroxylation sites is 1. The van der Waals surface area contributed by atoms with E-state index in [4.69, 9.17) is 23.5 Å². The summed E-state index contributed by atoms with van der Waals surface area (Å²) in [7, 11) is 0. The van der Waals surface area contributed by atoms with Crippen molar-refractivity contribution >= 4 is 22.1 Å². The van der Waals surface area contributed by atoms with E-state index in [9.17, 15) is 10.5 Å². The van der Waals surface area contributed by atoms with Gasteiger partial charge in [-0.25, -0.2) is 13.8 Å². The molecule has 0 unspecified atom stereocenters. The molecule has 5 heterocycles. The van der Waals surface area contributed by atoms with E-state index in [0.29, 0.717) is 50.3 Å². The molecule has 0 amide bonds. The lowest BCUT2D eigenvalue weighted by atomic mass is 9.72. The molecule has 7 aromatic carbocycles. The lowest BCUT2D eigenvalue weighted by Crippen LogP contribution is -2.27. The van der Waals surface area contributed by atoms with Crippen molar-refractivity contribution in [2.75, 3.05) is 0 Å². The van der Waals surface area contributed by atoms with E-state index in [1.165, 1.54) is 41.5 Å². The van der Waals surface area contributed by atoms with E-state index >= 15 is 8.78 Å². The van der Waals surface area contributed by atoms with Crippen LogP contribution in [0.3, 0.4) is 0 Å². The Morgan fingerprint density at radius 2 is 1.01 bits per heavy atom. The van der Waals surface area contributed by atoms with Crippen molar-refractivity contribution < 1.29 is 17.3 Å². The molecule has 5 aromatic heterocycles. The number of rotatable bonds is 13. The minimum Gasteiger partial charge on any atom is -0.437 e. The van der Waals surface area contributed by atoms with Crippen molar-refractivity contribution in [3.05, 3.63) is 263 Å². The number of benzene rings is 7. The smallest absolute Gasteiger partial charge is 0.227 e. The molecule has 2 aliphatic rings. The number of aromatic nitrogens is 4. The van der Waals surface area contributed by atoms with Crippen molar-refractivity contribution in [1.29, 1.82) is 10.5 Å². The van der Waals surface area contributed by atoms with Gasteiger partial charge in [-0.3, -0.25) is 15.0 Å². The highest BCUT2D eigenvalue weighted by molar-refractivity contribution is 6.08. The zero-order chi connectivity index (χ0) is 60.9. The van der Waals surface area contributed by atoms with Gasteiger partial charge in [0.25, 0.3) is 0 Å². The minimum atomic E-state index is -2.40. The maximum absolute atomic E-state index is 15.3. The van der Waals surface area contributed by atoms with Crippen LogP contribution in [0.15, 0.2) is 217 Å². The highest BCUT2D eigenvalue weighted by atomic mass is 19.1. The summed E-state index contributed by atoms with van der Waals surface area (Å²) in [5.41, 5.74) is 16.7. The van der Waals surface area contributed by atoms with Crippen molar-refractivity contribution in [2.45, 2.75) is 81.9 Å². The molecule has 0 bridgehead atoms. The molecule has 416 valence electrons. The summed E-state index contributed by atoms with van der Waals surface area (Å²) in [5, 5.41) is 20.8. The summed E-state index contributed by atoms with van der Waals surface area (Å²) in [6.07, 6.45) is 15.3. The molecule has 86 heavy (non-hydrogen) atoms. The summed E-state index contributed by atoms with van der Waals surface area (Å²) in [5.74, 6) is -0.856. The first-order valence-corrected chi connectivity index (χ1v) is 29.4. The van der Waals surface area contributed by atoms with Crippen LogP contribution in [-0.2, 0) is 23.7 Å². The fraction of sp³-hybridized carbons (Fsp3) is 0.169. The average molecular weight is 1120 g/mol. The molecule has 0 saturated heterocycles. The third-order valence-corrected chi connectivity index (χ3v) is 18.1. The number of nitriles is 2. The summed E-state index contributed by atoms with van der Waals surface area (Å²) < 4.78 is 61.3. The molecule has 0 N–H and O–H groups in total. The Morgan fingerprint density at radius 3 is 1.59 bits per heavy atom. The predicted molar refractivity (Wildman–Crippen MR) is 338 cm³/mol. The van der Waals surface area contributed by atoms with Gasteiger partial charge in [-0.1, -0.05) is 147 Å². The summed E-state index contributed by atoms with van der Waals surface area (Å²) >= 11 is 0. The maximum atomic E-state index is 15.3. The molecule has 0 spiro atoms. The normalized spacial score (nSPS) is 15.0. The number of hydrogen-bond donors (Lipinski definition) is 0. The van der Waals surface area contributed by atoms with Gasteiger partial charge in [0.15, 0.2) is 0 Å². The Morgan fingerprint density at radius 1 is 0.453 bits per heavy atom. The van der Waals surface area contributed by atoms with Gasteiger partial charge in [-0.15, -0.1) is 0 Å². The topological polar surface area (TPSA) is 112 Å². The summed E-state index contributed by atoms with van der Waals surface area (Å²) in [6, 6.07) is 66.9. The van der Waals surface area contributed by atoms with Gasteiger partial charge in [0.2, 0.25) is 5.71 Å². The van der Waals surface area contributed by atoms with Gasteiger partial charge in [-0.05, 0) is 179 Å². The predicted octanol–water partition coefficient (Wildman–Crippen LogP) is 19.3. The number of nitrogens with zero attached hydrogens (tertiary/aromatic N) is 6. The highest BCUT2D eigenvalue weighted by Crippen LogP contribution is 2.49. The lowest BCUT2D eigenvalue weighted by Gasteiger charge is -2.32. The Kier molecular flexibility index (Phi) is 13.1. The molecule has 0 atom stereocenters. The monoisotopic (exact) mass is 1120 g/mol. The van der Waals surface area contributed by atoms with Crippen LogP contribution in [0, 0.1) is 41.1 Å². The maximum Gasteiger partial charge on any atom is 0.227 e. The number of furan rings is 1. The van der Waals surface area contributed by atoms with Crippen LogP contribution in [0.25, 0.3) is 100 Å². The fourth-order valence-corrected chi connectivity index (χ4v) is 13.8. The van der Waals surface area contributed by atoms with Gasteiger partial charge in [0.05, 0.1) is 40.3 Å². The standard InChI is InChI=1S/C77H58F2N6O/c1-49-18-27-63-62-16-11-17-64(74(62)86-75(63)85-49)73-41-65(56-23-21-55(22-24-56)54-12-3-2-4-13-54)68(48-84-73)61-15-6-5-14-60(61)57-37-52(42-76(32-7-8-33-76)58-25-30-71(82-46-58)66-39-50(44-80)19-28-69(66)78)36-53(38-57)43-77(34-9-10-35-77)59-26-31-72(83-47-59)67-40-51(45-81)20-29-70(67)79/h2-6,11-31,36-41,46-48H,7-10,32-35,42-43H2,1H3/i1D3. The second-order valence-electron chi connectivity index (χ2n) is 23.3. The molecule has 0 radical (unpaired) electrons. The number of fused-ring (bicyclic) bond motifs is 3. The first-order valence-electron chi connectivity index (χ1n) is 30.9. The Balaban J connectivity index is 0.909. The first kappa shape index (κ1) is 50.3. The van der Waals surface area contributed by atoms with E-state index in [0.717, 1.165) is 131 Å². The van der Waals surface area contributed by atoms with Gasteiger partial charge >= 0.3 is 0 Å². The largest absolute Gasteiger partial charge is 0.437 e. The SMILES string of the molecule is [2H]C([2H])([2H])c1ccc2c(n1)oc1c(-c3cc(-c4ccc(-c5ccccc5)cc4)c(-c4ccccc4-c4cc(CC5(c6ccc(-c7cc(C#N)ccc7F)nc6)CCCC5)cc(CC5(c6ccc(-c7cc(C#N)ccc7F)nc6)CCCC5)c4)cn3)cccc12. The minimum absolute atomic E-state index is 0.0360. The number of aryl methyl sites for hydroxylation is 1. The molecular weight excluding hydrogens is 1060 g/mol. The second-order valence-corrected chi connectivity index (χ2v) is 23.3. The second kappa shape index (κ2) is 22.4.